The molecule has 0 saturated heterocycles. The minimum atomic E-state index is -0.556. The molecule has 8 nitrogen and oxygen atoms in total. The van der Waals surface area contributed by atoms with Crippen LogP contribution in [0.5, 0.6) is 0 Å². The Balaban J connectivity index is 1.58. The highest BCUT2D eigenvalue weighted by molar-refractivity contribution is 5.99. The molecular weight excluding hydrogens is 406 g/mol. The lowest BCUT2D eigenvalue weighted by Gasteiger charge is -2.25. The van der Waals surface area contributed by atoms with Crippen molar-refractivity contribution in [1.82, 2.24) is 25.0 Å². The number of benzene rings is 1. The fourth-order valence-electron chi connectivity index (χ4n) is 4.15. The molecule has 166 valence electrons. The zero-order valence-electron chi connectivity index (χ0n) is 18.1. The molecule has 0 unspecified atom stereocenters. The Hall–Kier alpha value is -3.68. The van der Waals surface area contributed by atoms with Gasteiger partial charge in [0.05, 0.1) is 5.69 Å². The van der Waals surface area contributed by atoms with E-state index >= 15 is 0 Å². The quantitative estimate of drug-likeness (QED) is 0.625. The van der Waals surface area contributed by atoms with E-state index in [1.165, 1.54) is 13.5 Å². The van der Waals surface area contributed by atoms with Gasteiger partial charge in [0, 0.05) is 44.4 Å². The van der Waals surface area contributed by atoms with Crippen molar-refractivity contribution in [1.29, 1.82) is 0 Å². The molecule has 1 saturated carbocycles. The maximum absolute atomic E-state index is 13.0. The van der Waals surface area contributed by atoms with Gasteiger partial charge in [-0.3, -0.25) is 14.4 Å². The van der Waals surface area contributed by atoms with Crippen LogP contribution in [-0.4, -0.2) is 33.2 Å². The van der Waals surface area contributed by atoms with E-state index in [2.05, 4.69) is 15.7 Å². The molecule has 2 amide bonds. The second-order valence-electron chi connectivity index (χ2n) is 8.04. The average Bonchev–Trinajstić information content (AvgIpc) is 3.38. The maximum atomic E-state index is 13.0. The van der Waals surface area contributed by atoms with Crippen molar-refractivity contribution in [3.05, 3.63) is 82.0 Å². The number of carbonyl (C=O) groups excluding carboxylic acids is 2. The van der Waals surface area contributed by atoms with Gasteiger partial charge in [0.2, 0.25) is 5.43 Å². The van der Waals surface area contributed by atoms with Gasteiger partial charge in [-0.15, -0.1) is 0 Å². The van der Waals surface area contributed by atoms with Gasteiger partial charge in [-0.1, -0.05) is 31.4 Å². The predicted molar refractivity (Wildman–Crippen MR) is 121 cm³/mol. The Morgan fingerprint density at radius 1 is 1.06 bits per heavy atom. The summed E-state index contributed by atoms with van der Waals surface area (Å²) in [6, 6.07) is 9.66. The van der Waals surface area contributed by atoms with Crippen molar-refractivity contribution in [2.75, 3.05) is 7.05 Å². The smallest absolute Gasteiger partial charge is 0.257 e. The summed E-state index contributed by atoms with van der Waals surface area (Å²) >= 11 is 0. The second kappa shape index (κ2) is 9.64. The summed E-state index contributed by atoms with van der Waals surface area (Å²) in [5.41, 5.74) is 1.18. The van der Waals surface area contributed by atoms with Crippen LogP contribution in [0.2, 0.25) is 0 Å². The fraction of sp³-hybridized carbons (Fsp3) is 0.333. The molecule has 1 aliphatic rings. The van der Waals surface area contributed by atoms with Crippen LogP contribution in [0.3, 0.4) is 0 Å². The van der Waals surface area contributed by atoms with Crippen LogP contribution in [0.25, 0.3) is 5.69 Å². The molecule has 4 rings (SSSR count). The Bertz CT molecular complexity index is 1160. The number of rotatable bonds is 6. The van der Waals surface area contributed by atoms with E-state index in [9.17, 15) is 14.4 Å². The van der Waals surface area contributed by atoms with Gasteiger partial charge in [-0.05, 0) is 36.6 Å². The average molecular weight is 434 g/mol. The topological polar surface area (TPSA) is 98.0 Å². The van der Waals surface area contributed by atoms with Crippen LogP contribution in [0.4, 0.5) is 0 Å². The Kier molecular flexibility index (Phi) is 6.49. The number of hydrogen-bond donors (Lipinski definition) is 2. The molecular formula is C24H27N5O3. The first kappa shape index (κ1) is 21.5. The van der Waals surface area contributed by atoms with Gasteiger partial charge in [-0.2, -0.15) is 5.10 Å². The van der Waals surface area contributed by atoms with E-state index in [0.29, 0.717) is 0 Å². The second-order valence-corrected chi connectivity index (χ2v) is 8.04. The third kappa shape index (κ3) is 4.64. The molecule has 2 heterocycles. The molecule has 2 aromatic heterocycles. The first-order chi connectivity index (χ1) is 15.6. The van der Waals surface area contributed by atoms with Gasteiger partial charge in [0.15, 0.2) is 0 Å². The predicted octanol–water partition coefficient (Wildman–Crippen LogP) is 2.83. The molecule has 0 bridgehead atoms. The zero-order chi connectivity index (χ0) is 22.5. The molecule has 0 atom stereocenters. The standard InChI is InChI=1S/C24H27N5O3/c1-25-23(31)20-15-28(18-8-3-2-4-9-18)16-21(22(20)30)24(32)26-14-17-7-5-10-19(13-17)29-12-6-11-27-29/h5-7,10-13,15-16,18H,2-4,8-9,14H2,1H3,(H,25,31)(H,26,32). The lowest BCUT2D eigenvalue weighted by molar-refractivity contribution is 0.0948. The van der Waals surface area contributed by atoms with Crippen LogP contribution in [0, 0.1) is 0 Å². The van der Waals surface area contributed by atoms with Gasteiger partial charge >= 0.3 is 0 Å². The monoisotopic (exact) mass is 433 g/mol. The molecule has 2 N–H and O–H groups in total. The van der Waals surface area contributed by atoms with Crippen LogP contribution >= 0.6 is 0 Å². The van der Waals surface area contributed by atoms with Crippen LogP contribution < -0.4 is 16.1 Å². The first-order valence-corrected chi connectivity index (χ1v) is 10.9. The fourth-order valence-corrected chi connectivity index (χ4v) is 4.15. The minimum absolute atomic E-state index is 0.00796. The van der Waals surface area contributed by atoms with Crippen molar-refractivity contribution >= 4 is 11.8 Å². The largest absolute Gasteiger partial charge is 0.355 e. The van der Waals surface area contributed by atoms with Crippen LogP contribution in [-0.2, 0) is 6.54 Å². The number of aromatic nitrogens is 3. The summed E-state index contributed by atoms with van der Waals surface area (Å²) in [6.07, 6.45) is 12.0. The van der Waals surface area contributed by atoms with Crippen LogP contribution in [0.1, 0.15) is 64.4 Å². The van der Waals surface area contributed by atoms with E-state index in [1.54, 1.807) is 23.3 Å². The summed E-state index contributed by atoms with van der Waals surface area (Å²) in [4.78, 5) is 38.2. The summed E-state index contributed by atoms with van der Waals surface area (Å²) in [6.45, 7) is 0.251. The number of amides is 2. The van der Waals surface area contributed by atoms with Crippen molar-refractivity contribution in [2.45, 2.75) is 44.7 Å². The number of nitrogens with one attached hydrogen (secondary N) is 2. The van der Waals surface area contributed by atoms with E-state index in [1.807, 2.05) is 41.1 Å². The zero-order valence-corrected chi connectivity index (χ0v) is 18.1. The molecule has 1 fully saturated rings. The minimum Gasteiger partial charge on any atom is -0.355 e. The maximum Gasteiger partial charge on any atom is 0.257 e. The summed E-state index contributed by atoms with van der Waals surface area (Å²) < 4.78 is 3.61. The van der Waals surface area contributed by atoms with Gasteiger partial charge in [0.1, 0.15) is 11.1 Å². The highest BCUT2D eigenvalue weighted by atomic mass is 16.2. The SMILES string of the molecule is CNC(=O)c1cn(C2CCCCC2)cc(C(=O)NCc2cccc(-n3cccn3)c2)c1=O. The molecule has 8 heteroatoms. The molecule has 3 aromatic rings. The Morgan fingerprint density at radius 3 is 2.50 bits per heavy atom. The van der Waals surface area contributed by atoms with E-state index in [0.717, 1.165) is 36.9 Å². The summed E-state index contributed by atoms with van der Waals surface area (Å²) in [5.74, 6) is -0.976. The number of carbonyl (C=O) groups is 2. The van der Waals surface area contributed by atoms with E-state index in [4.69, 9.17) is 0 Å². The van der Waals surface area contributed by atoms with Crippen LogP contribution in [0.15, 0.2) is 59.9 Å². The highest BCUT2D eigenvalue weighted by Crippen LogP contribution is 2.28. The van der Waals surface area contributed by atoms with E-state index in [-0.39, 0.29) is 23.7 Å². The molecule has 1 aliphatic carbocycles. The first-order valence-electron chi connectivity index (χ1n) is 10.9. The van der Waals surface area contributed by atoms with Gasteiger partial charge in [-0.25, -0.2) is 4.68 Å². The van der Waals surface area contributed by atoms with Crippen molar-refractivity contribution in [3.8, 4) is 5.69 Å². The molecule has 32 heavy (non-hydrogen) atoms. The third-order valence-corrected chi connectivity index (χ3v) is 5.89. The Morgan fingerprint density at radius 2 is 1.81 bits per heavy atom. The number of nitrogens with zero attached hydrogens (tertiary/aromatic N) is 3. The summed E-state index contributed by atoms with van der Waals surface area (Å²) in [7, 11) is 1.48. The lowest BCUT2D eigenvalue weighted by atomic mass is 9.95. The lowest BCUT2D eigenvalue weighted by Crippen LogP contribution is -2.35. The van der Waals surface area contributed by atoms with Gasteiger partial charge in [0.25, 0.3) is 11.8 Å². The summed E-state index contributed by atoms with van der Waals surface area (Å²) in [5, 5.41) is 9.55. The van der Waals surface area contributed by atoms with Crippen molar-refractivity contribution in [3.63, 3.8) is 0 Å². The molecule has 0 aliphatic heterocycles. The number of hydrogen-bond acceptors (Lipinski definition) is 4. The molecule has 0 radical (unpaired) electrons. The normalized spacial score (nSPS) is 14.2. The molecule has 1 aromatic carbocycles. The number of pyridine rings is 1. The molecule has 0 spiro atoms. The van der Waals surface area contributed by atoms with Crippen molar-refractivity contribution < 1.29 is 9.59 Å². The highest BCUT2D eigenvalue weighted by Gasteiger charge is 2.22. The Labute approximate surface area is 186 Å². The van der Waals surface area contributed by atoms with E-state index < -0.39 is 17.2 Å². The van der Waals surface area contributed by atoms with Crippen molar-refractivity contribution in [2.24, 2.45) is 0 Å². The third-order valence-electron chi connectivity index (χ3n) is 5.89. The van der Waals surface area contributed by atoms with Gasteiger partial charge < -0.3 is 15.2 Å².